The van der Waals surface area contributed by atoms with E-state index in [9.17, 15) is 0 Å². The average molecular weight is 260 g/mol. The number of rotatable bonds is 3. The van der Waals surface area contributed by atoms with Crippen molar-refractivity contribution in [3.05, 3.63) is 27.7 Å². The van der Waals surface area contributed by atoms with Crippen LogP contribution in [-0.2, 0) is 6.42 Å². The lowest BCUT2D eigenvalue weighted by molar-refractivity contribution is 0.224. The van der Waals surface area contributed by atoms with Gasteiger partial charge in [-0.3, -0.25) is 0 Å². The van der Waals surface area contributed by atoms with Crippen LogP contribution < -0.4 is 10.1 Å². The van der Waals surface area contributed by atoms with Crippen LogP contribution >= 0.6 is 23.2 Å². The van der Waals surface area contributed by atoms with E-state index < -0.39 is 0 Å². The lowest BCUT2D eigenvalue weighted by Crippen LogP contribution is -2.34. The number of halogens is 2. The van der Waals surface area contributed by atoms with Crippen LogP contribution in [0.15, 0.2) is 12.1 Å². The van der Waals surface area contributed by atoms with Gasteiger partial charge in [0.2, 0.25) is 0 Å². The van der Waals surface area contributed by atoms with Crippen molar-refractivity contribution in [2.45, 2.75) is 32.4 Å². The van der Waals surface area contributed by atoms with Gasteiger partial charge in [0.1, 0.15) is 11.9 Å². The van der Waals surface area contributed by atoms with E-state index >= 15 is 0 Å². The highest BCUT2D eigenvalue weighted by atomic mass is 35.5. The van der Waals surface area contributed by atoms with E-state index in [0.29, 0.717) is 16.1 Å². The summed E-state index contributed by atoms with van der Waals surface area (Å²) in [5.41, 5.74) is 1.10. The maximum atomic E-state index is 6.07. The Kier molecular flexibility index (Phi) is 3.63. The first kappa shape index (κ1) is 12.0. The summed E-state index contributed by atoms with van der Waals surface area (Å²) < 4.78 is 5.79. The maximum absolute atomic E-state index is 6.07. The molecule has 1 unspecified atom stereocenters. The standard InChI is InChI=1S/C12H15Cl2NO/c1-7(2)15-6-10-4-8-3-9(13)5-11(14)12(8)16-10/h3,5,7,10,15H,4,6H2,1-2H3. The van der Waals surface area contributed by atoms with Crippen molar-refractivity contribution < 1.29 is 4.74 Å². The first-order valence-corrected chi connectivity index (χ1v) is 6.20. The fraction of sp³-hybridized carbons (Fsp3) is 0.500. The summed E-state index contributed by atoms with van der Waals surface area (Å²) >= 11 is 12.0. The Bertz CT molecular complexity index is 393. The third kappa shape index (κ3) is 2.62. The van der Waals surface area contributed by atoms with Crippen LogP contribution in [0.3, 0.4) is 0 Å². The van der Waals surface area contributed by atoms with Crippen molar-refractivity contribution in [3.8, 4) is 5.75 Å². The fourth-order valence-corrected chi connectivity index (χ4v) is 2.41. The predicted octanol–water partition coefficient (Wildman–Crippen LogP) is 3.29. The molecule has 4 heteroatoms. The maximum Gasteiger partial charge on any atom is 0.141 e. The van der Waals surface area contributed by atoms with Crippen LogP contribution in [0.5, 0.6) is 5.75 Å². The fourth-order valence-electron chi connectivity index (χ4n) is 1.83. The van der Waals surface area contributed by atoms with Gasteiger partial charge in [0, 0.05) is 29.6 Å². The molecule has 0 aliphatic carbocycles. The topological polar surface area (TPSA) is 21.3 Å². The van der Waals surface area contributed by atoms with Crippen molar-refractivity contribution in [1.29, 1.82) is 0 Å². The Balaban J connectivity index is 2.06. The molecule has 0 bridgehead atoms. The molecular formula is C12H15Cl2NO. The lowest BCUT2D eigenvalue weighted by Gasteiger charge is -2.14. The minimum atomic E-state index is 0.161. The first-order valence-electron chi connectivity index (χ1n) is 5.44. The van der Waals surface area contributed by atoms with Crippen molar-refractivity contribution in [3.63, 3.8) is 0 Å². The highest BCUT2D eigenvalue weighted by Gasteiger charge is 2.25. The Labute approximate surface area is 106 Å². The molecule has 0 amide bonds. The van der Waals surface area contributed by atoms with E-state index in [-0.39, 0.29) is 6.10 Å². The molecule has 0 saturated carbocycles. The largest absolute Gasteiger partial charge is 0.487 e. The van der Waals surface area contributed by atoms with Gasteiger partial charge in [-0.05, 0) is 12.1 Å². The van der Waals surface area contributed by atoms with Crippen LogP contribution in [0.4, 0.5) is 0 Å². The Morgan fingerprint density at radius 1 is 1.44 bits per heavy atom. The van der Waals surface area contributed by atoms with Crippen LogP contribution in [0, 0.1) is 0 Å². The van der Waals surface area contributed by atoms with Gasteiger partial charge in [0.15, 0.2) is 0 Å². The molecule has 1 N–H and O–H groups in total. The van der Waals surface area contributed by atoms with E-state index in [1.165, 1.54) is 0 Å². The van der Waals surface area contributed by atoms with Crippen molar-refractivity contribution in [2.75, 3.05) is 6.54 Å². The molecule has 1 aliphatic rings. The van der Waals surface area contributed by atoms with Gasteiger partial charge in [0.05, 0.1) is 5.02 Å². The van der Waals surface area contributed by atoms with Gasteiger partial charge >= 0.3 is 0 Å². The number of hydrogen-bond acceptors (Lipinski definition) is 2. The van der Waals surface area contributed by atoms with Gasteiger partial charge in [-0.15, -0.1) is 0 Å². The highest BCUT2D eigenvalue weighted by Crippen LogP contribution is 2.38. The quantitative estimate of drug-likeness (QED) is 0.900. The molecular weight excluding hydrogens is 245 g/mol. The van der Waals surface area contributed by atoms with Gasteiger partial charge in [-0.25, -0.2) is 0 Å². The van der Waals surface area contributed by atoms with E-state index in [2.05, 4.69) is 19.2 Å². The first-order chi connectivity index (χ1) is 7.56. The van der Waals surface area contributed by atoms with Crippen LogP contribution in [-0.4, -0.2) is 18.7 Å². The lowest BCUT2D eigenvalue weighted by atomic mass is 10.1. The second-order valence-corrected chi connectivity index (χ2v) is 5.23. The average Bonchev–Trinajstić information content (AvgIpc) is 2.57. The van der Waals surface area contributed by atoms with E-state index in [4.69, 9.17) is 27.9 Å². The number of ether oxygens (including phenoxy) is 1. The molecule has 0 fully saturated rings. The second-order valence-electron chi connectivity index (χ2n) is 4.38. The van der Waals surface area contributed by atoms with Crippen molar-refractivity contribution in [1.82, 2.24) is 5.32 Å². The van der Waals surface area contributed by atoms with Crippen molar-refractivity contribution in [2.24, 2.45) is 0 Å². The summed E-state index contributed by atoms with van der Waals surface area (Å²) in [5, 5.41) is 4.63. The summed E-state index contributed by atoms with van der Waals surface area (Å²) in [6.07, 6.45) is 1.03. The molecule has 0 aromatic heterocycles. The third-order valence-corrected chi connectivity index (χ3v) is 3.07. The van der Waals surface area contributed by atoms with E-state index in [1.807, 2.05) is 6.07 Å². The molecule has 1 atom stereocenters. The summed E-state index contributed by atoms with van der Waals surface area (Å²) in [7, 11) is 0. The molecule has 0 radical (unpaired) electrons. The van der Waals surface area contributed by atoms with Crippen LogP contribution in [0.2, 0.25) is 10.0 Å². The third-order valence-electron chi connectivity index (χ3n) is 2.57. The van der Waals surface area contributed by atoms with Gasteiger partial charge in [0.25, 0.3) is 0 Å². The Hall–Kier alpha value is -0.440. The van der Waals surface area contributed by atoms with E-state index in [1.54, 1.807) is 6.07 Å². The number of benzene rings is 1. The van der Waals surface area contributed by atoms with Gasteiger partial charge < -0.3 is 10.1 Å². The zero-order valence-corrected chi connectivity index (χ0v) is 10.9. The molecule has 88 valence electrons. The molecule has 1 aromatic rings. The summed E-state index contributed by atoms with van der Waals surface area (Å²) in [6.45, 7) is 5.07. The Morgan fingerprint density at radius 3 is 2.88 bits per heavy atom. The normalized spacial score (nSPS) is 18.7. The molecule has 16 heavy (non-hydrogen) atoms. The molecule has 1 aliphatic heterocycles. The number of hydrogen-bond donors (Lipinski definition) is 1. The molecule has 2 nitrogen and oxygen atoms in total. The van der Waals surface area contributed by atoms with Crippen LogP contribution in [0.1, 0.15) is 19.4 Å². The minimum Gasteiger partial charge on any atom is -0.487 e. The Morgan fingerprint density at radius 2 is 2.19 bits per heavy atom. The molecule has 2 rings (SSSR count). The van der Waals surface area contributed by atoms with Crippen LogP contribution in [0.25, 0.3) is 0 Å². The SMILES string of the molecule is CC(C)NCC1Cc2cc(Cl)cc(Cl)c2O1. The second kappa shape index (κ2) is 4.82. The zero-order valence-electron chi connectivity index (χ0n) is 9.39. The molecule has 0 saturated heterocycles. The molecule has 1 aromatic carbocycles. The number of fused-ring (bicyclic) bond motifs is 1. The van der Waals surface area contributed by atoms with Crippen molar-refractivity contribution >= 4 is 23.2 Å². The molecule has 0 spiro atoms. The number of nitrogens with one attached hydrogen (secondary N) is 1. The minimum absolute atomic E-state index is 0.161. The zero-order chi connectivity index (χ0) is 11.7. The predicted molar refractivity (Wildman–Crippen MR) is 67.7 cm³/mol. The molecule has 1 heterocycles. The van der Waals surface area contributed by atoms with Gasteiger partial charge in [-0.1, -0.05) is 37.0 Å². The van der Waals surface area contributed by atoms with Gasteiger partial charge in [-0.2, -0.15) is 0 Å². The highest BCUT2D eigenvalue weighted by molar-refractivity contribution is 6.35. The smallest absolute Gasteiger partial charge is 0.141 e. The summed E-state index contributed by atoms with van der Waals surface area (Å²) in [5.74, 6) is 0.793. The summed E-state index contributed by atoms with van der Waals surface area (Å²) in [6, 6.07) is 4.12. The monoisotopic (exact) mass is 259 g/mol. The van der Waals surface area contributed by atoms with E-state index in [0.717, 1.165) is 24.3 Å². The summed E-state index contributed by atoms with van der Waals surface area (Å²) in [4.78, 5) is 0.